The number of nitrogens with zero attached hydrogens (tertiary/aromatic N) is 2. The summed E-state index contributed by atoms with van der Waals surface area (Å²) < 4.78 is 67.8. The molecule has 3 rings (SSSR count). The third-order valence-corrected chi connectivity index (χ3v) is 6.25. The molecule has 1 aromatic heterocycles. The Balaban J connectivity index is 1.96. The number of aliphatic hydroxyl groups is 3. The number of alkyl halides is 3. The first kappa shape index (κ1) is 29.0. The van der Waals surface area contributed by atoms with Crippen LogP contribution in [0.5, 0.6) is 5.88 Å². The van der Waals surface area contributed by atoms with Crippen LogP contribution in [0.25, 0.3) is 0 Å². The van der Waals surface area contributed by atoms with Gasteiger partial charge in [0.1, 0.15) is 37.8 Å². The zero-order valence-electron chi connectivity index (χ0n) is 20.0. The van der Waals surface area contributed by atoms with Gasteiger partial charge >= 0.3 is 12.3 Å². The van der Waals surface area contributed by atoms with E-state index in [1.165, 1.54) is 18.9 Å². The van der Waals surface area contributed by atoms with E-state index in [4.69, 9.17) is 18.9 Å². The molecule has 1 aromatic carbocycles. The minimum atomic E-state index is -4.85. The van der Waals surface area contributed by atoms with Gasteiger partial charge in [-0.1, -0.05) is 12.1 Å². The molecule has 0 aliphatic carbocycles. The van der Waals surface area contributed by atoms with Crippen molar-refractivity contribution in [2.75, 3.05) is 27.1 Å². The summed E-state index contributed by atoms with van der Waals surface area (Å²) in [7, 11) is 2.25. The molecule has 206 valence electrons. The van der Waals surface area contributed by atoms with Crippen molar-refractivity contribution in [1.29, 1.82) is 0 Å². The van der Waals surface area contributed by atoms with Gasteiger partial charge in [0.2, 0.25) is 12.2 Å². The Morgan fingerprint density at radius 1 is 1.14 bits per heavy atom. The van der Waals surface area contributed by atoms with E-state index in [9.17, 15) is 33.3 Å². The van der Waals surface area contributed by atoms with Crippen molar-refractivity contribution >= 4 is 17.9 Å². The lowest BCUT2D eigenvalue weighted by Crippen LogP contribution is -2.60. The molecule has 1 aliphatic heterocycles. The lowest BCUT2D eigenvalue weighted by molar-refractivity contribution is -0.278. The molecule has 11 nitrogen and oxygen atoms in total. The summed E-state index contributed by atoms with van der Waals surface area (Å²) in [5, 5.41) is 34.7. The van der Waals surface area contributed by atoms with Gasteiger partial charge in [0.15, 0.2) is 5.69 Å². The quantitative estimate of drug-likeness (QED) is 0.310. The van der Waals surface area contributed by atoms with Crippen molar-refractivity contribution in [1.82, 2.24) is 9.78 Å². The third-order valence-electron chi connectivity index (χ3n) is 5.50. The second kappa shape index (κ2) is 12.3. The van der Waals surface area contributed by atoms with Crippen molar-refractivity contribution in [3.05, 3.63) is 41.1 Å². The van der Waals surface area contributed by atoms with Crippen LogP contribution in [0, 0.1) is 0 Å². The predicted molar refractivity (Wildman–Crippen MR) is 121 cm³/mol. The molecule has 0 bridgehead atoms. The average Bonchev–Trinajstić information content (AvgIpc) is 3.20. The normalized spacial score (nSPS) is 24.1. The number of carbonyl (C=O) groups is 1. The van der Waals surface area contributed by atoms with Crippen molar-refractivity contribution in [3.63, 3.8) is 0 Å². The molecule has 1 fully saturated rings. The van der Waals surface area contributed by atoms with E-state index in [1.54, 1.807) is 24.3 Å². The fourth-order valence-corrected chi connectivity index (χ4v) is 4.09. The summed E-state index contributed by atoms with van der Waals surface area (Å²) in [6, 6.07) is 6.83. The molecule has 37 heavy (non-hydrogen) atoms. The van der Waals surface area contributed by atoms with Crippen LogP contribution >= 0.6 is 11.8 Å². The molecule has 0 unspecified atom stereocenters. The van der Waals surface area contributed by atoms with E-state index in [1.807, 2.05) is 6.26 Å². The minimum absolute atomic E-state index is 0.245. The van der Waals surface area contributed by atoms with Gasteiger partial charge in [-0.2, -0.15) is 13.2 Å². The zero-order valence-corrected chi connectivity index (χ0v) is 20.9. The Kier molecular flexibility index (Phi) is 9.66. The molecule has 5 atom stereocenters. The van der Waals surface area contributed by atoms with E-state index in [0.717, 1.165) is 12.0 Å². The molecule has 2 aromatic rings. The number of aliphatic hydroxyl groups excluding tert-OH is 3. The van der Waals surface area contributed by atoms with Crippen LogP contribution < -0.4 is 4.74 Å². The smallest absolute Gasteiger partial charge is 0.443 e. The van der Waals surface area contributed by atoms with Crippen LogP contribution in [-0.2, 0) is 38.3 Å². The summed E-state index contributed by atoms with van der Waals surface area (Å²) in [6.07, 6.45) is -12.9. The van der Waals surface area contributed by atoms with Gasteiger partial charge in [0, 0.05) is 18.4 Å². The number of aromatic nitrogens is 2. The van der Waals surface area contributed by atoms with Crippen LogP contribution in [0.1, 0.15) is 16.8 Å². The van der Waals surface area contributed by atoms with Gasteiger partial charge in [-0.15, -0.1) is 16.9 Å². The van der Waals surface area contributed by atoms with Crippen LogP contribution in [0.4, 0.5) is 18.0 Å². The van der Waals surface area contributed by atoms with Gasteiger partial charge in [-0.3, -0.25) is 0 Å². The molecule has 3 N–H and O–H groups in total. The Bertz CT molecular complexity index is 1050. The van der Waals surface area contributed by atoms with Gasteiger partial charge in [-0.05, 0) is 24.0 Å². The van der Waals surface area contributed by atoms with Gasteiger partial charge in [0.05, 0.1) is 12.7 Å². The molecule has 1 aliphatic rings. The standard InChI is InChI=1S/C22H27F3N2O9S/c1-32-10-27-18(22(23,24)25)13(8-11-4-6-12(37-3)7-5-11)19(26-27)36-20-17(30)16(29)15(28)14(35-20)9-34-21(31)33-2/h4-7,14-17,20,28-30H,8-10H2,1-3H3/t14-,15-,16+,17-,20+/m1/s1. The highest BCUT2D eigenvalue weighted by Crippen LogP contribution is 2.39. The Labute approximate surface area is 214 Å². The highest BCUT2D eigenvalue weighted by Gasteiger charge is 2.47. The largest absolute Gasteiger partial charge is 0.508 e. The Hall–Kier alpha value is -2.56. The van der Waals surface area contributed by atoms with E-state index in [0.29, 0.717) is 10.2 Å². The van der Waals surface area contributed by atoms with Gasteiger partial charge in [-0.25, -0.2) is 9.48 Å². The van der Waals surface area contributed by atoms with Crippen LogP contribution in [0.2, 0.25) is 0 Å². The van der Waals surface area contributed by atoms with E-state index < -0.39 is 67.9 Å². The molecular weight excluding hydrogens is 525 g/mol. The number of methoxy groups -OCH3 is 2. The molecule has 2 heterocycles. The highest BCUT2D eigenvalue weighted by molar-refractivity contribution is 7.98. The number of carbonyl (C=O) groups excluding carboxylic acids is 1. The topological polar surface area (TPSA) is 142 Å². The summed E-state index contributed by atoms with van der Waals surface area (Å²) in [4.78, 5) is 12.2. The first-order valence-electron chi connectivity index (χ1n) is 10.9. The van der Waals surface area contributed by atoms with Crippen molar-refractivity contribution in [2.24, 2.45) is 0 Å². The lowest BCUT2D eigenvalue weighted by Gasteiger charge is -2.39. The Morgan fingerprint density at radius 2 is 1.81 bits per heavy atom. The second-order valence-corrected chi connectivity index (χ2v) is 8.85. The first-order valence-corrected chi connectivity index (χ1v) is 12.1. The van der Waals surface area contributed by atoms with Crippen LogP contribution in [0.3, 0.4) is 0 Å². The fraction of sp³-hybridized carbons (Fsp3) is 0.545. The lowest BCUT2D eigenvalue weighted by atomic mass is 9.99. The van der Waals surface area contributed by atoms with Crippen molar-refractivity contribution < 1.29 is 57.0 Å². The molecule has 0 saturated carbocycles. The third kappa shape index (κ3) is 6.86. The minimum Gasteiger partial charge on any atom is -0.443 e. The maximum Gasteiger partial charge on any atom is 0.508 e. The van der Waals surface area contributed by atoms with Gasteiger partial charge < -0.3 is 39.0 Å². The number of hydrogen-bond acceptors (Lipinski definition) is 11. The number of thioether (sulfide) groups is 1. The predicted octanol–water partition coefficient (Wildman–Crippen LogP) is 1.79. The summed E-state index contributed by atoms with van der Waals surface area (Å²) in [5.41, 5.74) is -0.968. The van der Waals surface area contributed by atoms with Crippen molar-refractivity contribution in [2.45, 2.75) is 54.9 Å². The fourth-order valence-electron chi connectivity index (χ4n) is 3.68. The second-order valence-electron chi connectivity index (χ2n) is 7.97. The number of ether oxygens (including phenoxy) is 5. The maximum atomic E-state index is 14.1. The zero-order chi connectivity index (χ0) is 27.3. The van der Waals surface area contributed by atoms with Gasteiger partial charge in [0.25, 0.3) is 0 Å². The summed E-state index contributed by atoms with van der Waals surface area (Å²) in [6.45, 7) is -1.15. The van der Waals surface area contributed by atoms with Crippen LogP contribution in [-0.4, -0.2) is 89.0 Å². The number of halogens is 3. The monoisotopic (exact) mass is 552 g/mol. The molecule has 15 heteroatoms. The molecular formula is C22H27F3N2O9S. The molecule has 0 amide bonds. The Morgan fingerprint density at radius 3 is 2.38 bits per heavy atom. The van der Waals surface area contributed by atoms with Crippen molar-refractivity contribution in [3.8, 4) is 5.88 Å². The van der Waals surface area contributed by atoms with E-state index in [2.05, 4.69) is 9.84 Å². The average molecular weight is 553 g/mol. The number of hydrogen-bond donors (Lipinski definition) is 3. The first-order chi connectivity index (χ1) is 17.5. The molecule has 0 radical (unpaired) electrons. The van der Waals surface area contributed by atoms with E-state index in [-0.39, 0.29) is 12.0 Å². The summed E-state index contributed by atoms with van der Waals surface area (Å²) in [5.74, 6) is -0.529. The number of rotatable bonds is 9. The maximum absolute atomic E-state index is 14.1. The molecule has 1 saturated heterocycles. The highest BCUT2D eigenvalue weighted by atomic mass is 32.2. The van der Waals surface area contributed by atoms with Crippen LogP contribution in [0.15, 0.2) is 29.2 Å². The van der Waals surface area contributed by atoms with E-state index >= 15 is 0 Å². The molecule has 0 spiro atoms. The SMILES string of the molecule is COCn1nc(O[C@@H]2O[C@H](COC(=O)OC)[C@@H](O)[C@H](O)[C@H]2O)c(Cc2ccc(SC)cc2)c1C(F)(F)F. The summed E-state index contributed by atoms with van der Waals surface area (Å²) >= 11 is 1.47. The number of benzene rings is 1.